The molecule has 1 heterocycles. The average molecular weight is 138 g/mol. The van der Waals surface area contributed by atoms with Gasteiger partial charge in [-0.1, -0.05) is 13.8 Å². The Balaban J connectivity index is 2.78. The van der Waals surface area contributed by atoms with Gasteiger partial charge in [-0.15, -0.1) is 0 Å². The van der Waals surface area contributed by atoms with Gasteiger partial charge in [0.2, 0.25) is 0 Å². The Morgan fingerprint density at radius 2 is 2.30 bits per heavy atom. The molecule has 0 radical (unpaired) electrons. The fourth-order valence-electron chi connectivity index (χ4n) is 0.703. The fourth-order valence-corrected chi connectivity index (χ4v) is 0.703. The summed E-state index contributed by atoms with van der Waals surface area (Å²) in [6.45, 7) is 3.70. The summed E-state index contributed by atoms with van der Waals surface area (Å²) in [7, 11) is 0. The van der Waals surface area contributed by atoms with E-state index >= 15 is 0 Å². The lowest BCUT2D eigenvalue weighted by molar-refractivity contribution is 0.0911. The molecule has 10 heavy (non-hydrogen) atoms. The number of Topliss-reactive ketones (excluding diaryl/α,β-unsaturated/α-hetero) is 1. The molecule has 0 aliphatic rings. The van der Waals surface area contributed by atoms with Crippen molar-refractivity contribution in [2.75, 3.05) is 0 Å². The van der Waals surface area contributed by atoms with Crippen molar-refractivity contribution in [3.05, 3.63) is 24.2 Å². The largest absolute Gasteiger partial charge is 0.461 e. The van der Waals surface area contributed by atoms with E-state index in [4.69, 9.17) is 4.42 Å². The van der Waals surface area contributed by atoms with Gasteiger partial charge in [-0.25, -0.2) is 0 Å². The van der Waals surface area contributed by atoms with Crippen LogP contribution >= 0.6 is 0 Å². The number of hydrogen-bond acceptors (Lipinski definition) is 2. The summed E-state index contributed by atoms with van der Waals surface area (Å²) < 4.78 is 4.91. The maximum Gasteiger partial charge on any atom is 0.200 e. The molecule has 0 saturated carbocycles. The third-order valence-corrected chi connectivity index (χ3v) is 1.29. The Labute approximate surface area is 59.8 Å². The van der Waals surface area contributed by atoms with Gasteiger partial charge in [0.15, 0.2) is 11.5 Å². The standard InChI is InChI=1S/C8H10O2/c1-6(2)8(9)7-4-3-5-10-7/h3-6H,1-2H3. The van der Waals surface area contributed by atoms with Gasteiger partial charge in [-0.05, 0) is 12.1 Å². The summed E-state index contributed by atoms with van der Waals surface area (Å²) in [6, 6.07) is 3.40. The lowest BCUT2D eigenvalue weighted by Crippen LogP contribution is -2.05. The van der Waals surface area contributed by atoms with Crippen LogP contribution in [0.4, 0.5) is 0 Å². The highest BCUT2D eigenvalue weighted by atomic mass is 16.3. The summed E-state index contributed by atoms with van der Waals surface area (Å²) >= 11 is 0. The highest BCUT2D eigenvalue weighted by Gasteiger charge is 2.11. The quantitative estimate of drug-likeness (QED) is 0.586. The molecule has 54 valence electrons. The predicted octanol–water partition coefficient (Wildman–Crippen LogP) is 2.12. The molecule has 0 aliphatic carbocycles. The first kappa shape index (κ1) is 7.06. The topological polar surface area (TPSA) is 30.2 Å². The van der Waals surface area contributed by atoms with Crippen LogP contribution in [0.2, 0.25) is 0 Å². The zero-order valence-corrected chi connectivity index (χ0v) is 6.13. The Hall–Kier alpha value is -1.05. The van der Waals surface area contributed by atoms with Crippen LogP contribution in [-0.4, -0.2) is 5.78 Å². The van der Waals surface area contributed by atoms with Crippen LogP contribution in [0, 0.1) is 5.92 Å². The normalized spacial score (nSPS) is 10.3. The third-order valence-electron chi connectivity index (χ3n) is 1.29. The highest BCUT2D eigenvalue weighted by molar-refractivity contribution is 5.94. The zero-order valence-electron chi connectivity index (χ0n) is 6.13. The van der Waals surface area contributed by atoms with Crippen LogP contribution in [0.25, 0.3) is 0 Å². The molecule has 1 aromatic heterocycles. The SMILES string of the molecule is CC(C)C(=O)c1ccco1. The van der Waals surface area contributed by atoms with E-state index in [1.807, 2.05) is 13.8 Å². The van der Waals surface area contributed by atoms with Crippen LogP contribution in [0.3, 0.4) is 0 Å². The Bertz CT molecular complexity index is 209. The van der Waals surface area contributed by atoms with Gasteiger partial charge in [-0.2, -0.15) is 0 Å². The Morgan fingerprint density at radius 1 is 1.60 bits per heavy atom. The van der Waals surface area contributed by atoms with Crippen molar-refractivity contribution in [1.29, 1.82) is 0 Å². The number of ketones is 1. The molecule has 1 aromatic rings. The number of hydrogen-bond donors (Lipinski definition) is 0. The van der Waals surface area contributed by atoms with Gasteiger partial charge in [0.1, 0.15) is 0 Å². The fraction of sp³-hybridized carbons (Fsp3) is 0.375. The van der Waals surface area contributed by atoms with E-state index in [0.29, 0.717) is 5.76 Å². The van der Waals surface area contributed by atoms with Crippen LogP contribution in [0.5, 0.6) is 0 Å². The summed E-state index contributed by atoms with van der Waals surface area (Å²) in [5.41, 5.74) is 0. The minimum atomic E-state index is 0.0196. The number of rotatable bonds is 2. The zero-order chi connectivity index (χ0) is 7.56. The molecule has 0 aliphatic heterocycles. The molecule has 0 saturated heterocycles. The van der Waals surface area contributed by atoms with Gasteiger partial charge >= 0.3 is 0 Å². The highest BCUT2D eigenvalue weighted by Crippen LogP contribution is 2.07. The molecule has 0 amide bonds. The van der Waals surface area contributed by atoms with Crippen molar-refractivity contribution in [3.63, 3.8) is 0 Å². The number of carbonyl (C=O) groups is 1. The Morgan fingerprint density at radius 3 is 2.70 bits per heavy atom. The molecule has 2 nitrogen and oxygen atoms in total. The van der Waals surface area contributed by atoms with Crippen LogP contribution in [-0.2, 0) is 0 Å². The van der Waals surface area contributed by atoms with Crippen molar-refractivity contribution >= 4 is 5.78 Å². The summed E-state index contributed by atoms with van der Waals surface area (Å²) in [4.78, 5) is 11.1. The van der Waals surface area contributed by atoms with Gasteiger partial charge in [0.25, 0.3) is 0 Å². The van der Waals surface area contributed by atoms with Gasteiger partial charge in [-0.3, -0.25) is 4.79 Å². The van der Waals surface area contributed by atoms with E-state index in [2.05, 4.69) is 0 Å². The first-order valence-electron chi connectivity index (χ1n) is 3.29. The van der Waals surface area contributed by atoms with E-state index < -0.39 is 0 Å². The number of carbonyl (C=O) groups excluding carboxylic acids is 1. The van der Waals surface area contributed by atoms with E-state index in [-0.39, 0.29) is 11.7 Å². The van der Waals surface area contributed by atoms with E-state index in [9.17, 15) is 4.79 Å². The lowest BCUT2D eigenvalue weighted by atomic mass is 10.1. The van der Waals surface area contributed by atoms with Crippen molar-refractivity contribution in [1.82, 2.24) is 0 Å². The van der Waals surface area contributed by atoms with E-state index in [1.54, 1.807) is 12.1 Å². The summed E-state index contributed by atoms with van der Waals surface area (Å²) in [6.07, 6.45) is 1.51. The first-order valence-corrected chi connectivity index (χ1v) is 3.29. The number of furan rings is 1. The molecule has 0 atom stereocenters. The predicted molar refractivity (Wildman–Crippen MR) is 37.9 cm³/mol. The van der Waals surface area contributed by atoms with Gasteiger partial charge in [0.05, 0.1) is 6.26 Å². The minimum absolute atomic E-state index is 0.0196. The van der Waals surface area contributed by atoms with E-state index in [1.165, 1.54) is 6.26 Å². The maximum atomic E-state index is 11.1. The molecular weight excluding hydrogens is 128 g/mol. The molecule has 0 spiro atoms. The van der Waals surface area contributed by atoms with Crippen LogP contribution in [0.1, 0.15) is 24.4 Å². The monoisotopic (exact) mass is 138 g/mol. The molecule has 0 bridgehead atoms. The van der Waals surface area contributed by atoms with Gasteiger partial charge in [0, 0.05) is 5.92 Å². The molecule has 0 aromatic carbocycles. The lowest BCUT2D eigenvalue weighted by Gasteiger charge is -1.97. The second kappa shape index (κ2) is 2.69. The molecule has 2 heteroatoms. The summed E-state index contributed by atoms with van der Waals surface area (Å²) in [5.74, 6) is 0.533. The second-order valence-electron chi connectivity index (χ2n) is 2.50. The smallest absolute Gasteiger partial charge is 0.200 e. The average Bonchev–Trinajstić information content (AvgIpc) is 2.36. The molecule has 0 fully saturated rings. The minimum Gasteiger partial charge on any atom is -0.461 e. The van der Waals surface area contributed by atoms with Gasteiger partial charge < -0.3 is 4.42 Å². The molecule has 0 N–H and O–H groups in total. The first-order chi connectivity index (χ1) is 4.72. The second-order valence-corrected chi connectivity index (χ2v) is 2.50. The van der Waals surface area contributed by atoms with E-state index in [0.717, 1.165) is 0 Å². The van der Waals surface area contributed by atoms with Crippen molar-refractivity contribution in [3.8, 4) is 0 Å². The molecule has 0 unspecified atom stereocenters. The van der Waals surface area contributed by atoms with Crippen molar-refractivity contribution in [2.45, 2.75) is 13.8 Å². The summed E-state index contributed by atoms with van der Waals surface area (Å²) in [5, 5.41) is 0. The van der Waals surface area contributed by atoms with Crippen LogP contribution in [0.15, 0.2) is 22.8 Å². The van der Waals surface area contributed by atoms with Crippen molar-refractivity contribution < 1.29 is 9.21 Å². The molecule has 1 rings (SSSR count). The Kier molecular flexibility index (Phi) is 1.90. The molecular formula is C8H10O2. The maximum absolute atomic E-state index is 11.1. The van der Waals surface area contributed by atoms with Crippen molar-refractivity contribution in [2.24, 2.45) is 5.92 Å². The third kappa shape index (κ3) is 1.26. The van der Waals surface area contributed by atoms with Crippen LogP contribution < -0.4 is 0 Å².